The van der Waals surface area contributed by atoms with Gasteiger partial charge in [0.1, 0.15) is 0 Å². The molecule has 0 spiro atoms. The van der Waals surface area contributed by atoms with Crippen LogP contribution in [0.2, 0.25) is 0 Å². The van der Waals surface area contributed by atoms with Gasteiger partial charge in [0.15, 0.2) is 0 Å². The molecule has 2 rings (SSSR count). The van der Waals surface area contributed by atoms with Crippen molar-refractivity contribution in [2.75, 3.05) is 0 Å². The van der Waals surface area contributed by atoms with Crippen LogP contribution in [0, 0.1) is 6.92 Å². The summed E-state index contributed by atoms with van der Waals surface area (Å²) in [7, 11) is 0. The Morgan fingerprint density at radius 2 is 2.00 bits per heavy atom. The van der Waals surface area contributed by atoms with E-state index in [0.717, 1.165) is 5.52 Å². The van der Waals surface area contributed by atoms with Crippen LogP contribution in [0.25, 0.3) is 10.9 Å². The Morgan fingerprint density at radius 3 is 2.82 bits per heavy atom. The third kappa shape index (κ3) is 1.53. The SMILES string of the molecule is Cc1ccc2cc[n-]c2c1.[Re]. The molecule has 11 heavy (non-hydrogen) atoms. The van der Waals surface area contributed by atoms with Gasteiger partial charge in [-0.15, -0.1) is 5.52 Å². The van der Waals surface area contributed by atoms with Crippen molar-refractivity contribution in [1.82, 2.24) is 4.98 Å². The van der Waals surface area contributed by atoms with E-state index in [0.29, 0.717) is 0 Å². The third-order valence-electron chi connectivity index (χ3n) is 1.65. The van der Waals surface area contributed by atoms with E-state index >= 15 is 0 Å². The van der Waals surface area contributed by atoms with Crippen molar-refractivity contribution in [2.45, 2.75) is 6.92 Å². The van der Waals surface area contributed by atoms with E-state index in [-0.39, 0.29) is 20.4 Å². The van der Waals surface area contributed by atoms with Crippen LogP contribution in [0.1, 0.15) is 5.56 Å². The molecule has 2 aromatic rings. The summed E-state index contributed by atoms with van der Waals surface area (Å²) in [6.07, 6.45) is 1.84. The normalized spacial score (nSPS) is 9.55. The van der Waals surface area contributed by atoms with Crippen molar-refractivity contribution < 1.29 is 20.4 Å². The Balaban J connectivity index is 0.000000605. The molecule has 2 heteroatoms. The average Bonchev–Trinajstić information content (AvgIpc) is 2.33. The molecule has 0 aliphatic rings. The van der Waals surface area contributed by atoms with Gasteiger partial charge in [0.05, 0.1) is 0 Å². The van der Waals surface area contributed by atoms with Crippen LogP contribution >= 0.6 is 0 Å². The fourth-order valence-electron chi connectivity index (χ4n) is 1.10. The van der Waals surface area contributed by atoms with Gasteiger partial charge in [0.25, 0.3) is 0 Å². The largest absolute Gasteiger partial charge is 0.664 e. The summed E-state index contributed by atoms with van der Waals surface area (Å²) in [6.45, 7) is 2.08. The Bertz CT molecular complexity index is 351. The molecule has 0 N–H and O–H groups in total. The molecule has 1 aromatic heterocycles. The van der Waals surface area contributed by atoms with Crippen molar-refractivity contribution in [2.24, 2.45) is 0 Å². The minimum absolute atomic E-state index is 0. The van der Waals surface area contributed by atoms with E-state index in [9.17, 15) is 0 Å². The Labute approximate surface area is 79.5 Å². The number of hydrogen-bond donors (Lipinski definition) is 0. The van der Waals surface area contributed by atoms with Crippen LogP contribution in [-0.2, 0) is 20.4 Å². The fourth-order valence-corrected chi connectivity index (χ4v) is 1.10. The van der Waals surface area contributed by atoms with E-state index in [1.807, 2.05) is 12.3 Å². The van der Waals surface area contributed by atoms with Crippen molar-refractivity contribution in [1.29, 1.82) is 0 Å². The number of nitrogens with zero attached hydrogens (tertiary/aromatic N) is 1. The average molecular weight is 316 g/mol. The summed E-state index contributed by atoms with van der Waals surface area (Å²) in [5.41, 5.74) is 2.37. The molecule has 0 atom stereocenters. The van der Waals surface area contributed by atoms with Crippen LogP contribution in [-0.4, -0.2) is 0 Å². The molecule has 1 nitrogen and oxygen atoms in total. The van der Waals surface area contributed by atoms with E-state index in [2.05, 4.69) is 30.1 Å². The fraction of sp³-hybridized carbons (Fsp3) is 0.111. The second kappa shape index (κ2) is 3.21. The first-order chi connectivity index (χ1) is 4.86. The molecule has 0 amide bonds. The monoisotopic (exact) mass is 317 g/mol. The summed E-state index contributed by atoms with van der Waals surface area (Å²) >= 11 is 0. The maximum absolute atomic E-state index is 4.18. The third-order valence-corrected chi connectivity index (χ3v) is 1.65. The number of aryl methyl sites for hydroxylation is 1. The van der Waals surface area contributed by atoms with Gasteiger partial charge in [-0.3, -0.25) is 0 Å². The molecule has 1 radical (unpaired) electrons. The van der Waals surface area contributed by atoms with E-state index in [4.69, 9.17) is 0 Å². The van der Waals surface area contributed by atoms with Crippen molar-refractivity contribution in [3.8, 4) is 0 Å². The van der Waals surface area contributed by atoms with E-state index < -0.39 is 0 Å². The van der Waals surface area contributed by atoms with Gasteiger partial charge in [-0.2, -0.15) is 6.20 Å². The molecular weight excluding hydrogens is 308 g/mol. The van der Waals surface area contributed by atoms with Gasteiger partial charge >= 0.3 is 0 Å². The summed E-state index contributed by atoms with van der Waals surface area (Å²) in [5, 5.41) is 1.23. The second-order valence-corrected chi connectivity index (χ2v) is 2.51. The number of benzene rings is 1. The molecule has 0 saturated heterocycles. The molecule has 0 aliphatic heterocycles. The molecule has 0 unspecified atom stereocenters. The van der Waals surface area contributed by atoms with Crippen LogP contribution in [0.15, 0.2) is 30.5 Å². The minimum atomic E-state index is 0. The first kappa shape index (κ1) is 8.52. The molecule has 1 aromatic carbocycles. The number of rotatable bonds is 0. The summed E-state index contributed by atoms with van der Waals surface area (Å²) in [6, 6.07) is 8.31. The quantitative estimate of drug-likeness (QED) is 0.726. The Kier molecular flexibility index (Phi) is 2.49. The second-order valence-electron chi connectivity index (χ2n) is 2.51. The molecule has 57 valence electrons. The number of hydrogen-bond acceptors (Lipinski definition) is 0. The van der Waals surface area contributed by atoms with Gasteiger partial charge in [0.2, 0.25) is 0 Å². The van der Waals surface area contributed by atoms with Crippen molar-refractivity contribution in [3.05, 3.63) is 36.0 Å². The smallest absolute Gasteiger partial charge is 0 e. The Hall–Kier alpha value is -0.578. The van der Waals surface area contributed by atoms with Gasteiger partial charge < -0.3 is 4.98 Å². The molecular formula is C9H8NRe-. The zero-order valence-corrected chi connectivity index (χ0v) is 8.93. The van der Waals surface area contributed by atoms with Gasteiger partial charge in [-0.05, 0) is 12.3 Å². The van der Waals surface area contributed by atoms with Crippen LogP contribution in [0.3, 0.4) is 0 Å². The molecule has 0 aliphatic carbocycles. The van der Waals surface area contributed by atoms with Crippen LogP contribution < -0.4 is 4.98 Å². The summed E-state index contributed by atoms with van der Waals surface area (Å²) in [4.78, 5) is 4.18. The van der Waals surface area contributed by atoms with Crippen LogP contribution in [0.4, 0.5) is 0 Å². The maximum Gasteiger partial charge on any atom is 0 e. The first-order valence-electron chi connectivity index (χ1n) is 3.34. The standard InChI is InChI=1S/C9H8N.Re/c1-7-2-3-8-4-5-10-9(8)6-7;/h2-6H,1H3;/q-1;. The number of aromatic nitrogens is 1. The van der Waals surface area contributed by atoms with Crippen LogP contribution in [0.5, 0.6) is 0 Å². The molecule has 1 heterocycles. The summed E-state index contributed by atoms with van der Waals surface area (Å²) in [5.74, 6) is 0. The molecule has 0 bridgehead atoms. The minimum Gasteiger partial charge on any atom is -0.664 e. The van der Waals surface area contributed by atoms with E-state index in [1.165, 1.54) is 10.9 Å². The summed E-state index contributed by atoms with van der Waals surface area (Å²) < 4.78 is 0. The van der Waals surface area contributed by atoms with Crippen molar-refractivity contribution >= 4 is 10.9 Å². The van der Waals surface area contributed by atoms with Gasteiger partial charge in [-0.25, -0.2) is 0 Å². The zero-order valence-electron chi connectivity index (χ0n) is 6.21. The predicted molar refractivity (Wildman–Crippen MR) is 42.0 cm³/mol. The molecule has 0 fully saturated rings. The zero-order chi connectivity index (χ0) is 6.97. The predicted octanol–water partition coefficient (Wildman–Crippen LogP) is 2.10. The van der Waals surface area contributed by atoms with Gasteiger partial charge in [0, 0.05) is 20.4 Å². The Morgan fingerprint density at radius 1 is 1.18 bits per heavy atom. The van der Waals surface area contributed by atoms with Crippen molar-refractivity contribution in [3.63, 3.8) is 0 Å². The number of fused-ring (bicyclic) bond motifs is 1. The molecule has 0 saturated carbocycles. The topological polar surface area (TPSA) is 14.1 Å². The maximum atomic E-state index is 4.18. The van der Waals surface area contributed by atoms with Gasteiger partial charge in [-0.1, -0.05) is 29.8 Å². The first-order valence-corrected chi connectivity index (χ1v) is 3.34. The van der Waals surface area contributed by atoms with E-state index in [1.54, 1.807) is 0 Å².